The molecule has 0 radical (unpaired) electrons. The number of thiophene rings is 1. The quantitative estimate of drug-likeness (QED) is 0.217. The number of furan rings is 1. The Morgan fingerprint density at radius 1 is 0.500 bits per heavy atom. The van der Waals surface area contributed by atoms with Gasteiger partial charge in [-0.3, -0.25) is 0 Å². The molecule has 5 nitrogen and oxygen atoms in total. The fourth-order valence-electron chi connectivity index (χ4n) is 5.83. The molecule has 0 unspecified atom stereocenters. The summed E-state index contributed by atoms with van der Waals surface area (Å²) in [6.45, 7) is 0. The second-order valence-corrected chi connectivity index (χ2v) is 11.3. The summed E-state index contributed by atoms with van der Waals surface area (Å²) >= 11 is 1.79. The molecule has 0 saturated carbocycles. The molecule has 0 amide bonds. The molecule has 0 atom stereocenters. The highest BCUT2D eigenvalue weighted by Crippen LogP contribution is 2.41. The Bertz CT molecular complexity index is 2480. The molecule has 0 bridgehead atoms. The second-order valence-electron chi connectivity index (χ2n) is 10.3. The van der Waals surface area contributed by atoms with Gasteiger partial charge in [-0.1, -0.05) is 91.0 Å². The molecule has 0 N–H and O–H groups in total. The molecule has 9 aromatic rings. The standard InChI is InChI=1S/C36H20N4OS/c1-2-10-21(11-3-1)33-38-34(40-35(39-33)25-15-9-19-30-32(25)23-13-5-7-18-29(23)42-30)24-14-8-17-28-31(24)26-20-22-12-4-6-16-27(22)37-36(26)41-28/h1-20H. The highest BCUT2D eigenvalue weighted by atomic mass is 32.1. The van der Waals surface area contributed by atoms with E-state index < -0.39 is 0 Å². The summed E-state index contributed by atoms with van der Waals surface area (Å²) in [7, 11) is 0. The molecule has 0 spiro atoms. The highest BCUT2D eigenvalue weighted by molar-refractivity contribution is 7.25. The summed E-state index contributed by atoms with van der Waals surface area (Å²) in [6.07, 6.45) is 0. The predicted octanol–water partition coefficient (Wildman–Crippen LogP) is 9.69. The first-order valence-corrected chi connectivity index (χ1v) is 14.6. The summed E-state index contributed by atoms with van der Waals surface area (Å²) < 4.78 is 8.72. The molecule has 0 saturated heterocycles. The van der Waals surface area contributed by atoms with E-state index in [1.54, 1.807) is 11.3 Å². The van der Waals surface area contributed by atoms with Crippen molar-refractivity contribution in [2.24, 2.45) is 0 Å². The minimum absolute atomic E-state index is 0.594. The van der Waals surface area contributed by atoms with Gasteiger partial charge in [-0.15, -0.1) is 11.3 Å². The van der Waals surface area contributed by atoms with Crippen molar-refractivity contribution in [3.05, 3.63) is 121 Å². The van der Waals surface area contributed by atoms with Crippen LogP contribution in [0.3, 0.4) is 0 Å². The number of rotatable bonds is 3. The van der Waals surface area contributed by atoms with Crippen molar-refractivity contribution in [2.75, 3.05) is 0 Å². The molecule has 6 heteroatoms. The highest BCUT2D eigenvalue weighted by Gasteiger charge is 2.20. The van der Waals surface area contributed by atoms with Crippen molar-refractivity contribution in [1.82, 2.24) is 19.9 Å². The summed E-state index contributed by atoms with van der Waals surface area (Å²) in [5.74, 6) is 1.86. The summed E-state index contributed by atoms with van der Waals surface area (Å²) in [6, 6.07) is 41.2. The molecule has 0 aliphatic heterocycles. The predicted molar refractivity (Wildman–Crippen MR) is 172 cm³/mol. The molecule has 5 aromatic carbocycles. The first-order valence-electron chi connectivity index (χ1n) is 13.7. The third-order valence-corrected chi connectivity index (χ3v) is 8.88. The van der Waals surface area contributed by atoms with Crippen LogP contribution in [0.1, 0.15) is 0 Å². The maximum absolute atomic E-state index is 6.27. The van der Waals surface area contributed by atoms with E-state index >= 15 is 0 Å². The van der Waals surface area contributed by atoms with Crippen molar-refractivity contribution in [1.29, 1.82) is 0 Å². The molecular weight excluding hydrogens is 536 g/mol. The maximum atomic E-state index is 6.27. The van der Waals surface area contributed by atoms with Gasteiger partial charge in [0.25, 0.3) is 0 Å². The van der Waals surface area contributed by atoms with E-state index in [9.17, 15) is 0 Å². The summed E-state index contributed by atoms with van der Waals surface area (Å²) in [4.78, 5) is 20.1. The Kier molecular flexibility index (Phi) is 5.00. The molecule has 0 aliphatic carbocycles. The van der Waals surface area contributed by atoms with E-state index in [1.807, 2.05) is 60.7 Å². The Morgan fingerprint density at radius 2 is 1.19 bits per heavy atom. The normalized spacial score (nSPS) is 11.8. The Hall–Kier alpha value is -5.46. The van der Waals surface area contributed by atoms with E-state index in [0.717, 1.165) is 49.3 Å². The summed E-state index contributed by atoms with van der Waals surface area (Å²) in [5, 5.41) is 5.31. The van der Waals surface area contributed by atoms with Crippen LogP contribution >= 0.6 is 11.3 Å². The fraction of sp³-hybridized carbons (Fsp3) is 0. The van der Waals surface area contributed by atoms with Crippen LogP contribution in [0.25, 0.3) is 87.3 Å². The topological polar surface area (TPSA) is 64.7 Å². The molecular formula is C36H20N4OS. The zero-order chi connectivity index (χ0) is 27.6. The average Bonchev–Trinajstić information content (AvgIpc) is 3.61. The SMILES string of the molecule is c1ccc(-c2nc(-c3cccc4oc5nc6ccccc6cc5c34)nc(-c3cccc4sc5ccccc5c34)n2)cc1. The van der Waals surface area contributed by atoms with Crippen LogP contribution in [0.5, 0.6) is 0 Å². The monoisotopic (exact) mass is 556 g/mol. The fourth-order valence-corrected chi connectivity index (χ4v) is 6.97. The number of hydrogen-bond donors (Lipinski definition) is 0. The molecule has 4 aromatic heterocycles. The zero-order valence-corrected chi connectivity index (χ0v) is 23.0. The van der Waals surface area contributed by atoms with Crippen molar-refractivity contribution >= 4 is 64.5 Å². The number of hydrogen-bond acceptors (Lipinski definition) is 6. The van der Waals surface area contributed by atoms with Crippen LogP contribution in [-0.2, 0) is 0 Å². The largest absolute Gasteiger partial charge is 0.438 e. The Balaban J connectivity index is 1.36. The van der Waals surface area contributed by atoms with Crippen LogP contribution in [0, 0.1) is 0 Å². The zero-order valence-electron chi connectivity index (χ0n) is 22.2. The van der Waals surface area contributed by atoms with Gasteiger partial charge in [0, 0.05) is 53.0 Å². The number of pyridine rings is 1. The van der Waals surface area contributed by atoms with E-state index in [2.05, 4.69) is 60.7 Å². The van der Waals surface area contributed by atoms with E-state index in [0.29, 0.717) is 23.2 Å². The van der Waals surface area contributed by atoms with E-state index in [1.165, 1.54) is 14.8 Å². The lowest BCUT2D eigenvalue weighted by Crippen LogP contribution is -2.00. The van der Waals surface area contributed by atoms with Crippen molar-refractivity contribution in [2.45, 2.75) is 0 Å². The summed E-state index contributed by atoms with van der Waals surface area (Å²) in [5.41, 5.74) is 5.05. The lowest BCUT2D eigenvalue weighted by atomic mass is 10.0. The molecule has 196 valence electrons. The first kappa shape index (κ1) is 23.3. The van der Waals surface area contributed by atoms with Crippen LogP contribution in [0.15, 0.2) is 126 Å². The van der Waals surface area contributed by atoms with Gasteiger partial charge >= 0.3 is 0 Å². The van der Waals surface area contributed by atoms with Crippen LogP contribution in [0.4, 0.5) is 0 Å². The van der Waals surface area contributed by atoms with Gasteiger partial charge in [-0.05, 0) is 30.3 Å². The number of nitrogens with zero attached hydrogens (tertiary/aromatic N) is 4. The van der Waals surface area contributed by atoms with Crippen molar-refractivity contribution < 1.29 is 4.42 Å². The molecule has 4 heterocycles. The van der Waals surface area contributed by atoms with Gasteiger partial charge < -0.3 is 4.42 Å². The Labute approximate surface area is 243 Å². The molecule has 0 aliphatic rings. The van der Waals surface area contributed by atoms with Gasteiger partial charge in [-0.2, -0.15) is 0 Å². The molecule has 9 rings (SSSR count). The minimum Gasteiger partial charge on any atom is -0.438 e. The molecule has 42 heavy (non-hydrogen) atoms. The van der Waals surface area contributed by atoms with Crippen molar-refractivity contribution in [3.8, 4) is 34.2 Å². The van der Waals surface area contributed by atoms with Gasteiger partial charge in [-0.25, -0.2) is 19.9 Å². The minimum atomic E-state index is 0.594. The van der Waals surface area contributed by atoms with E-state index in [4.69, 9.17) is 24.4 Å². The third-order valence-electron chi connectivity index (χ3n) is 7.74. The van der Waals surface area contributed by atoms with E-state index in [-0.39, 0.29) is 0 Å². The lowest BCUT2D eigenvalue weighted by Gasteiger charge is -2.10. The van der Waals surface area contributed by atoms with Crippen molar-refractivity contribution in [3.63, 3.8) is 0 Å². The number of benzene rings is 5. The number of fused-ring (bicyclic) bond motifs is 7. The third kappa shape index (κ3) is 3.56. The van der Waals surface area contributed by atoms with Gasteiger partial charge in [0.1, 0.15) is 5.58 Å². The van der Waals surface area contributed by atoms with Crippen LogP contribution in [-0.4, -0.2) is 19.9 Å². The lowest BCUT2D eigenvalue weighted by molar-refractivity contribution is 0.656. The maximum Gasteiger partial charge on any atom is 0.227 e. The second kappa shape index (κ2) is 9.03. The number of para-hydroxylation sites is 1. The van der Waals surface area contributed by atoms with Crippen LogP contribution < -0.4 is 0 Å². The first-order chi connectivity index (χ1) is 20.8. The molecule has 0 fully saturated rings. The van der Waals surface area contributed by atoms with Gasteiger partial charge in [0.15, 0.2) is 17.5 Å². The van der Waals surface area contributed by atoms with Gasteiger partial charge in [0.2, 0.25) is 5.71 Å². The Morgan fingerprint density at radius 3 is 2.07 bits per heavy atom. The number of aromatic nitrogens is 4. The average molecular weight is 557 g/mol. The van der Waals surface area contributed by atoms with Gasteiger partial charge in [0.05, 0.1) is 5.52 Å². The smallest absolute Gasteiger partial charge is 0.227 e. The van der Waals surface area contributed by atoms with Crippen LogP contribution in [0.2, 0.25) is 0 Å².